The van der Waals surface area contributed by atoms with Gasteiger partial charge >= 0.3 is 0 Å². The van der Waals surface area contributed by atoms with Crippen molar-refractivity contribution in [2.24, 2.45) is 5.73 Å². The molecule has 112 valence electrons. The largest absolute Gasteiger partial charge is 0.378 e. The Hall–Kier alpha value is -1.83. The third-order valence-corrected chi connectivity index (χ3v) is 3.46. The molecule has 4 heteroatoms. The lowest BCUT2D eigenvalue weighted by Crippen LogP contribution is -2.25. The minimum Gasteiger partial charge on any atom is -0.378 e. The minimum atomic E-state index is -0.0263. The second-order valence-corrected chi connectivity index (χ2v) is 5.30. The van der Waals surface area contributed by atoms with Crippen LogP contribution < -0.4 is 11.1 Å². The van der Waals surface area contributed by atoms with Crippen molar-refractivity contribution in [2.45, 2.75) is 38.7 Å². The first-order valence-corrected chi connectivity index (χ1v) is 7.40. The summed E-state index contributed by atoms with van der Waals surface area (Å²) >= 11 is 0. The van der Waals surface area contributed by atoms with E-state index >= 15 is 0 Å². The van der Waals surface area contributed by atoms with Gasteiger partial charge in [0.15, 0.2) is 0 Å². The number of ether oxygens (including phenoxy) is 1. The Morgan fingerprint density at radius 1 is 1.48 bits per heavy atom. The molecule has 2 rings (SSSR count). The summed E-state index contributed by atoms with van der Waals surface area (Å²) in [6.45, 7) is 3.06. The van der Waals surface area contributed by atoms with E-state index < -0.39 is 0 Å². The maximum absolute atomic E-state index is 12.1. The standard InChI is InChI=1S/C17H22N2O2/c1-13-7-8-16(14(11-13)5-4-9-18)19-17(20)12-15-6-2-3-10-21-15/h7-8,11,15H,2-3,6,9-10,12,18H2,1H3,(H,19,20). The van der Waals surface area contributed by atoms with Crippen molar-refractivity contribution < 1.29 is 9.53 Å². The number of nitrogens with one attached hydrogen (secondary N) is 1. The molecule has 0 spiro atoms. The number of rotatable bonds is 3. The van der Waals surface area contributed by atoms with Crippen LogP contribution in [-0.4, -0.2) is 25.2 Å². The molecule has 0 aromatic heterocycles. The van der Waals surface area contributed by atoms with Crippen molar-refractivity contribution in [1.29, 1.82) is 0 Å². The summed E-state index contributed by atoms with van der Waals surface area (Å²) in [5.41, 5.74) is 8.06. The molecular formula is C17H22N2O2. The van der Waals surface area contributed by atoms with Gasteiger partial charge in [-0.1, -0.05) is 17.9 Å². The molecule has 0 bridgehead atoms. The van der Waals surface area contributed by atoms with Crippen molar-refractivity contribution in [1.82, 2.24) is 0 Å². The van der Waals surface area contributed by atoms with E-state index in [1.54, 1.807) is 0 Å². The second kappa shape index (κ2) is 7.82. The Kier molecular flexibility index (Phi) is 5.79. The molecule has 0 saturated carbocycles. The van der Waals surface area contributed by atoms with E-state index in [1.165, 1.54) is 0 Å². The van der Waals surface area contributed by atoms with E-state index in [9.17, 15) is 4.79 Å². The Labute approximate surface area is 126 Å². The van der Waals surface area contributed by atoms with E-state index in [0.29, 0.717) is 13.0 Å². The van der Waals surface area contributed by atoms with Crippen LogP contribution in [0.15, 0.2) is 18.2 Å². The van der Waals surface area contributed by atoms with E-state index in [4.69, 9.17) is 10.5 Å². The van der Waals surface area contributed by atoms with Crippen LogP contribution in [0.5, 0.6) is 0 Å². The van der Waals surface area contributed by atoms with Gasteiger partial charge in [0.05, 0.1) is 24.8 Å². The van der Waals surface area contributed by atoms with Crippen LogP contribution in [0.25, 0.3) is 0 Å². The average Bonchev–Trinajstić information content (AvgIpc) is 2.48. The molecule has 21 heavy (non-hydrogen) atoms. The lowest BCUT2D eigenvalue weighted by molar-refractivity contribution is -0.119. The number of nitrogens with two attached hydrogens (primary N) is 1. The Balaban J connectivity index is 2.02. The molecule has 1 aliphatic heterocycles. The van der Waals surface area contributed by atoms with Crippen LogP contribution >= 0.6 is 0 Å². The molecule has 1 fully saturated rings. The molecule has 1 amide bonds. The molecule has 3 N–H and O–H groups in total. The Morgan fingerprint density at radius 2 is 2.33 bits per heavy atom. The highest BCUT2D eigenvalue weighted by molar-refractivity contribution is 5.92. The molecule has 0 aliphatic carbocycles. The van der Waals surface area contributed by atoms with Gasteiger partial charge in [-0.3, -0.25) is 4.79 Å². The van der Waals surface area contributed by atoms with Crippen LogP contribution in [0.2, 0.25) is 0 Å². The third kappa shape index (κ3) is 4.89. The van der Waals surface area contributed by atoms with Crippen LogP contribution in [-0.2, 0) is 9.53 Å². The molecule has 1 aliphatic rings. The van der Waals surface area contributed by atoms with Crippen molar-refractivity contribution in [3.8, 4) is 11.8 Å². The molecule has 1 atom stereocenters. The van der Waals surface area contributed by atoms with Gasteiger partial charge in [0, 0.05) is 12.2 Å². The third-order valence-electron chi connectivity index (χ3n) is 3.46. The summed E-state index contributed by atoms with van der Waals surface area (Å²) < 4.78 is 5.60. The molecule has 1 aromatic rings. The number of amides is 1. The minimum absolute atomic E-state index is 0.0263. The van der Waals surface area contributed by atoms with Gasteiger partial charge in [0.1, 0.15) is 0 Å². The van der Waals surface area contributed by atoms with Gasteiger partial charge in [-0.2, -0.15) is 0 Å². The van der Waals surface area contributed by atoms with Crippen LogP contribution in [0, 0.1) is 18.8 Å². The number of hydrogen-bond donors (Lipinski definition) is 2. The van der Waals surface area contributed by atoms with E-state index in [-0.39, 0.29) is 12.0 Å². The number of hydrogen-bond acceptors (Lipinski definition) is 3. The maximum Gasteiger partial charge on any atom is 0.227 e. The number of aryl methyl sites for hydroxylation is 1. The Bertz CT molecular complexity index is 552. The van der Waals surface area contributed by atoms with Gasteiger partial charge < -0.3 is 15.8 Å². The van der Waals surface area contributed by atoms with Crippen molar-refractivity contribution in [3.63, 3.8) is 0 Å². The summed E-state index contributed by atoms with van der Waals surface area (Å²) in [4.78, 5) is 12.1. The lowest BCUT2D eigenvalue weighted by Gasteiger charge is -2.22. The monoisotopic (exact) mass is 286 g/mol. The Morgan fingerprint density at radius 3 is 3.05 bits per heavy atom. The van der Waals surface area contributed by atoms with Gasteiger partial charge in [-0.25, -0.2) is 0 Å². The van der Waals surface area contributed by atoms with Crippen LogP contribution in [0.3, 0.4) is 0 Å². The highest BCUT2D eigenvalue weighted by Crippen LogP contribution is 2.19. The summed E-state index contributed by atoms with van der Waals surface area (Å²) in [6, 6.07) is 5.80. The van der Waals surface area contributed by atoms with Crippen LogP contribution in [0.1, 0.15) is 36.8 Å². The number of carbonyl (C=O) groups is 1. The van der Waals surface area contributed by atoms with Crippen molar-refractivity contribution in [2.75, 3.05) is 18.5 Å². The predicted molar refractivity (Wildman–Crippen MR) is 83.9 cm³/mol. The molecule has 1 heterocycles. The molecule has 1 aromatic carbocycles. The molecular weight excluding hydrogens is 264 g/mol. The summed E-state index contributed by atoms with van der Waals surface area (Å²) in [7, 11) is 0. The average molecular weight is 286 g/mol. The molecule has 1 unspecified atom stereocenters. The fourth-order valence-corrected chi connectivity index (χ4v) is 2.39. The zero-order chi connectivity index (χ0) is 15.1. The van der Waals surface area contributed by atoms with E-state index in [0.717, 1.165) is 42.7 Å². The SMILES string of the molecule is Cc1ccc(NC(=O)CC2CCCCO2)c(C#CCN)c1. The topological polar surface area (TPSA) is 64.3 Å². The lowest BCUT2D eigenvalue weighted by atomic mass is 10.1. The van der Waals surface area contributed by atoms with Gasteiger partial charge in [0.25, 0.3) is 0 Å². The maximum atomic E-state index is 12.1. The first-order chi connectivity index (χ1) is 10.2. The molecule has 1 saturated heterocycles. The van der Waals surface area contributed by atoms with Gasteiger partial charge in [-0.15, -0.1) is 0 Å². The number of carbonyl (C=O) groups excluding carboxylic acids is 1. The quantitative estimate of drug-likeness (QED) is 0.837. The fourth-order valence-electron chi connectivity index (χ4n) is 2.39. The summed E-state index contributed by atoms with van der Waals surface area (Å²) in [5.74, 6) is 5.80. The van der Waals surface area contributed by atoms with Crippen LogP contribution in [0.4, 0.5) is 5.69 Å². The highest BCUT2D eigenvalue weighted by Gasteiger charge is 2.18. The van der Waals surface area contributed by atoms with E-state index in [1.807, 2.05) is 25.1 Å². The smallest absolute Gasteiger partial charge is 0.227 e. The summed E-state index contributed by atoms with van der Waals surface area (Å²) in [6.07, 6.45) is 3.63. The van der Waals surface area contributed by atoms with Gasteiger partial charge in [-0.05, 0) is 43.9 Å². The first-order valence-electron chi connectivity index (χ1n) is 7.40. The summed E-state index contributed by atoms with van der Waals surface area (Å²) in [5, 5.41) is 2.93. The zero-order valence-electron chi connectivity index (χ0n) is 12.4. The second-order valence-electron chi connectivity index (χ2n) is 5.30. The first kappa shape index (κ1) is 15.6. The molecule has 0 radical (unpaired) electrons. The fraction of sp³-hybridized carbons (Fsp3) is 0.471. The highest BCUT2D eigenvalue weighted by atomic mass is 16.5. The van der Waals surface area contributed by atoms with E-state index in [2.05, 4.69) is 17.2 Å². The zero-order valence-corrected chi connectivity index (χ0v) is 12.4. The normalized spacial score (nSPS) is 17.7. The van der Waals surface area contributed by atoms with Gasteiger partial charge in [0.2, 0.25) is 5.91 Å². The number of anilines is 1. The van der Waals surface area contributed by atoms with Crippen molar-refractivity contribution >= 4 is 11.6 Å². The van der Waals surface area contributed by atoms with Crippen molar-refractivity contribution in [3.05, 3.63) is 29.3 Å². The number of benzene rings is 1. The predicted octanol–water partition coefficient (Wildman–Crippen LogP) is 2.20. The molecule has 4 nitrogen and oxygen atoms in total.